The largest absolute Gasteiger partial charge is 0.493 e. The molecule has 0 bridgehead atoms. The molecule has 1 aromatic carbocycles. The van der Waals surface area contributed by atoms with Crippen LogP contribution in [0, 0.1) is 5.82 Å². The van der Waals surface area contributed by atoms with Gasteiger partial charge in [0.1, 0.15) is 0 Å². The highest BCUT2D eigenvalue weighted by atomic mass is 79.9. The lowest BCUT2D eigenvalue weighted by atomic mass is 10.1. The lowest BCUT2D eigenvalue weighted by Crippen LogP contribution is -2.45. The summed E-state index contributed by atoms with van der Waals surface area (Å²) in [4.78, 5) is 12.8. The predicted molar refractivity (Wildman–Crippen MR) is 73.3 cm³/mol. The molecule has 1 aliphatic rings. The van der Waals surface area contributed by atoms with Crippen LogP contribution < -0.4 is 4.74 Å². The summed E-state index contributed by atoms with van der Waals surface area (Å²) in [5.41, 5.74) is 0.680. The van der Waals surface area contributed by atoms with Crippen LogP contribution in [0.1, 0.15) is 5.56 Å². The first-order valence-corrected chi connectivity index (χ1v) is 6.90. The van der Waals surface area contributed by atoms with Gasteiger partial charge >= 0.3 is 5.97 Å². The van der Waals surface area contributed by atoms with E-state index in [0.29, 0.717) is 29.7 Å². The average molecular weight is 348 g/mol. The number of nitrogens with zero attached hydrogens (tertiary/aromatic N) is 1. The molecule has 2 rings (SSSR count). The average Bonchev–Trinajstić information content (AvgIpc) is 2.43. The summed E-state index contributed by atoms with van der Waals surface area (Å²) in [6.07, 6.45) is -0.838. The summed E-state index contributed by atoms with van der Waals surface area (Å²) < 4.78 is 24.5. The number of aliphatic carboxylic acids is 1. The number of carboxylic acids is 1. The maximum absolute atomic E-state index is 13.9. The minimum absolute atomic E-state index is 0.178. The van der Waals surface area contributed by atoms with Crippen molar-refractivity contribution in [1.29, 1.82) is 0 Å². The van der Waals surface area contributed by atoms with Gasteiger partial charge in [-0.25, -0.2) is 9.18 Å². The van der Waals surface area contributed by atoms with Crippen molar-refractivity contribution in [3.8, 4) is 5.75 Å². The van der Waals surface area contributed by atoms with Gasteiger partial charge in [-0.3, -0.25) is 4.90 Å². The quantitative estimate of drug-likeness (QED) is 0.901. The highest BCUT2D eigenvalue weighted by Gasteiger charge is 2.27. The van der Waals surface area contributed by atoms with Gasteiger partial charge in [0.2, 0.25) is 0 Å². The highest BCUT2D eigenvalue weighted by Crippen LogP contribution is 2.30. The summed E-state index contributed by atoms with van der Waals surface area (Å²) in [6.45, 7) is 1.64. The Labute approximate surface area is 124 Å². The molecule has 0 saturated carbocycles. The summed E-state index contributed by atoms with van der Waals surface area (Å²) in [7, 11) is 1.41. The van der Waals surface area contributed by atoms with Gasteiger partial charge in [-0.15, -0.1) is 0 Å². The van der Waals surface area contributed by atoms with Crippen molar-refractivity contribution in [2.45, 2.75) is 12.6 Å². The maximum Gasteiger partial charge on any atom is 0.334 e. The van der Waals surface area contributed by atoms with Gasteiger partial charge in [-0.1, -0.05) is 6.07 Å². The number of hydrogen-bond donors (Lipinski definition) is 1. The third-order valence-electron chi connectivity index (χ3n) is 3.16. The van der Waals surface area contributed by atoms with Crippen LogP contribution >= 0.6 is 15.9 Å². The van der Waals surface area contributed by atoms with Gasteiger partial charge in [0.05, 0.1) is 18.2 Å². The minimum Gasteiger partial charge on any atom is -0.493 e. The normalized spacial score (nSPS) is 19.9. The molecule has 1 aromatic rings. The number of methoxy groups -OCH3 is 1. The Morgan fingerprint density at radius 3 is 3.05 bits per heavy atom. The minimum atomic E-state index is -0.983. The molecule has 0 amide bonds. The van der Waals surface area contributed by atoms with Crippen molar-refractivity contribution in [3.63, 3.8) is 0 Å². The monoisotopic (exact) mass is 347 g/mol. The van der Waals surface area contributed by atoms with E-state index >= 15 is 0 Å². The number of halogens is 2. The van der Waals surface area contributed by atoms with Crippen LogP contribution in [0.2, 0.25) is 0 Å². The second-order valence-electron chi connectivity index (χ2n) is 4.49. The molecule has 1 atom stereocenters. The van der Waals surface area contributed by atoms with Crippen LogP contribution in [0.4, 0.5) is 4.39 Å². The number of ether oxygens (including phenoxy) is 2. The van der Waals surface area contributed by atoms with Crippen LogP contribution in [0.25, 0.3) is 0 Å². The van der Waals surface area contributed by atoms with E-state index in [9.17, 15) is 9.18 Å². The van der Waals surface area contributed by atoms with E-state index in [0.717, 1.165) is 0 Å². The third-order valence-corrected chi connectivity index (χ3v) is 3.77. The van der Waals surface area contributed by atoms with Crippen LogP contribution in [-0.4, -0.2) is 48.9 Å². The summed E-state index contributed by atoms with van der Waals surface area (Å²) in [5, 5.41) is 8.96. The Morgan fingerprint density at radius 2 is 2.40 bits per heavy atom. The molecule has 1 unspecified atom stereocenters. The second-order valence-corrected chi connectivity index (χ2v) is 5.34. The highest BCUT2D eigenvalue weighted by molar-refractivity contribution is 9.10. The van der Waals surface area contributed by atoms with Crippen molar-refractivity contribution < 1.29 is 23.8 Å². The number of morpholine rings is 1. The van der Waals surface area contributed by atoms with Crippen molar-refractivity contribution in [2.24, 2.45) is 0 Å². The van der Waals surface area contributed by atoms with Crippen molar-refractivity contribution in [3.05, 3.63) is 28.0 Å². The van der Waals surface area contributed by atoms with Crippen LogP contribution in [0.5, 0.6) is 5.75 Å². The molecule has 1 fully saturated rings. The van der Waals surface area contributed by atoms with Crippen molar-refractivity contribution >= 4 is 21.9 Å². The summed E-state index contributed by atoms with van der Waals surface area (Å²) in [6, 6.07) is 3.37. The van der Waals surface area contributed by atoms with E-state index in [1.54, 1.807) is 12.1 Å². The number of hydrogen-bond acceptors (Lipinski definition) is 4. The lowest BCUT2D eigenvalue weighted by Gasteiger charge is -2.31. The number of benzene rings is 1. The predicted octanol–water partition coefficient (Wildman–Crippen LogP) is 1.88. The first-order valence-electron chi connectivity index (χ1n) is 6.10. The molecular formula is C13H15BrFNO4. The zero-order valence-corrected chi connectivity index (χ0v) is 12.5. The molecule has 0 aromatic heterocycles. The number of rotatable bonds is 4. The van der Waals surface area contributed by atoms with Gasteiger partial charge in [0.25, 0.3) is 0 Å². The Morgan fingerprint density at radius 1 is 1.65 bits per heavy atom. The fourth-order valence-electron chi connectivity index (χ4n) is 2.15. The van der Waals surface area contributed by atoms with Crippen molar-refractivity contribution in [1.82, 2.24) is 4.90 Å². The van der Waals surface area contributed by atoms with Crippen LogP contribution in [0.15, 0.2) is 16.6 Å². The molecule has 0 radical (unpaired) electrons. The molecule has 1 aliphatic heterocycles. The lowest BCUT2D eigenvalue weighted by molar-refractivity contribution is -0.156. The summed E-state index contributed by atoms with van der Waals surface area (Å²) >= 11 is 3.11. The van der Waals surface area contributed by atoms with Crippen molar-refractivity contribution in [2.75, 3.05) is 26.8 Å². The van der Waals surface area contributed by atoms with Gasteiger partial charge in [-0.2, -0.15) is 0 Å². The molecule has 0 aliphatic carbocycles. The molecule has 5 nitrogen and oxygen atoms in total. The Kier molecular flexibility index (Phi) is 4.95. The zero-order valence-electron chi connectivity index (χ0n) is 10.9. The van der Waals surface area contributed by atoms with E-state index < -0.39 is 17.9 Å². The first kappa shape index (κ1) is 15.2. The maximum atomic E-state index is 13.9. The molecule has 0 spiro atoms. The van der Waals surface area contributed by atoms with E-state index in [1.807, 2.05) is 4.90 Å². The molecule has 110 valence electrons. The van der Waals surface area contributed by atoms with Gasteiger partial charge in [0.15, 0.2) is 17.7 Å². The van der Waals surface area contributed by atoms with Gasteiger partial charge in [0, 0.05) is 25.2 Å². The Hall–Kier alpha value is -1.18. The molecule has 1 saturated heterocycles. The van der Waals surface area contributed by atoms with E-state index in [2.05, 4.69) is 15.9 Å². The molecule has 1 heterocycles. The van der Waals surface area contributed by atoms with Gasteiger partial charge in [-0.05, 0) is 22.0 Å². The fourth-order valence-corrected chi connectivity index (χ4v) is 2.47. The molecule has 7 heteroatoms. The smallest absolute Gasteiger partial charge is 0.334 e. The van der Waals surface area contributed by atoms with Crippen LogP contribution in [0.3, 0.4) is 0 Å². The summed E-state index contributed by atoms with van der Waals surface area (Å²) in [5.74, 6) is -1.26. The number of carbonyl (C=O) groups is 1. The molecule has 1 N–H and O–H groups in total. The van der Waals surface area contributed by atoms with Crippen LogP contribution in [-0.2, 0) is 16.1 Å². The Bertz CT molecular complexity index is 511. The fraction of sp³-hybridized carbons (Fsp3) is 0.462. The second kappa shape index (κ2) is 6.51. The third kappa shape index (κ3) is 3.28. The first-order chi connectivity index (χ1) is 9.52. The zero-order chi connectivity index (χ0) is 14.7. The Balaban J connectivity index is 2.14. The van der Waals surface area contributed by atoms with E-state index in [4.69, 9.17) is 14.6 Å². The number of carboxylic acid groups (broad SMARTS) is 1. The standard InChI is InChI=1S/C13H15BrFNO4/c1-19-12-8(2-3-9(14)11(12)15)6-16-4-5-20-10(7-16)13(17)18/h2-3,10H,4-7H2,1H3,(H,17,18). The van der Waals surface area contributed by atoms with E-state index in [1.165, 1.54) is 7.11 Å². The molecular weight excluding hydrogens is 333 g/mol. The van der Waals surface area contributed by atoms with E-state index in [-0.39, 0.29) is 12.3 Å². The molecule has 20 heavy (non-hydrogen) atoms. The topological polar surface area (TPSA) is 59.0 Å². The SMILES string of the molecule is COc1c(CN2CCOC(C(=O)O)C2)ccc(Br)c1F. The van der Waals surface area contributed by atoms with Gasteiger partial charge < -0.3 is 14.6 Å².